The predicted octanol–water partition coefficient (Wildman–Crippen LogP) is -1.51. The maximum atomic E-state index is 9.89. The van der Waals surface area contributed by atoms with Gasteiger partial charge < -0.3 is 20.1 Å². The van der Waals surface area contributed by atoms with Crippen LogP contribution in [0, 0.1) is 20.2 Å². The number of hydrogen-bond donors (Lipinski definition) is 4. The van der Waals surface area contributed by atoms with Gasteiger partial charge in [-0.3, -0.25) is 0 Å². The molecule has 142 valence electrons. The molecule has 0 aliphatic carbocycles. The summed E-state index contributed by atoms with van der Waals surface area (Å²) in [5.41, 5.74) is 3.09. The van der Waals surface area contributed by atoms with Crippen molar-refractivity contribution in [3.05, 3.63) is 20.2 Å². The van der Waals surface area contributed by atoms with Crippen molar-refractivity contribution >= 4 is 11.6 Å². The van der Waals surface area contributed by atoms with E-state index in [9.17, 15) is 20.2 Å². The summed E-state index contributed by atoms with van der Waals surface area (Å²) in [4.78, 5) is 19.8. The highest BCUT2D eigenvalue weighted by molar-refractivity contribution is 5.54. The van der Waals surface area contributed by atoms with Gasteiger partial charge in [-0.2, -0.15) is 0 Å². The van der Waals surface area contributed by atoms with Crippen LogP contribution in [0.1, 0.15) is 0 Å². The third-order valence-electron chi connectivity index (χ3n) is 2.58. The molecule has 3 rings (SSSR count). The molecular formula is C10H20N8O7. The lowest BCUT2D eigenvalue weighted by atomic mass is 10.5. The van der Waals surface area contributed by atoms with Gasteiger partial charge in [-0.15, -0.1) is 0 Å². The molecule has 2 fully saturated rings. The number of aromatic nitrogens is 2. The van der Waals surface area contributed by atoms with Crippen LogP contribution in [0.3, 0.4) is 0 Å². The van der Waals surface area contributed by atoms with Crippen molar-refractivity contribution in [2.24, 2.45) is 0 Å². The van der Waals surface area contributed by atoms with E-state index in [4.69, 9.17) is 9.47 Å². The van der Waals surface area contributed by atoms with Crippen molar-refractivity contribution in [3.63, 3.8) is 0 Å². The van der Waals surface area contributed by atoms with Gasteiger partial charge >= 0.3 is 0 Å². The molecule has 0 amide bonds. The average molecular weight is 364 g/mol. The smallest absolute Gasteiger partial charge is 0.283 e. The number of nitrogens with one attached hydrogen (secondary N) is 4. The van der Waals surface area contributed by atoms with Gasteiger partial charge in [0, 0.05) is 26.2 Å². The molecule has 0 spiro atoms. The summed E-state index contributed by atoms with van der Waals surface area (Å²) in [6.07, 6.45) is 0. The van der Waals surface area contributed by atoms with Crippen LogP contribution < -0.4 is 21.5 Å². The van der Waals surface area contributed by atoms with Crippen LogP contribution in [0.5, 0.6) is 0 Å². The van der Waals surface area contributed by atoms with Crippen LogP contribution in [0.2, 0.25) is 0 Å². The second kappa shape index (κ2) is 12.8. The lowest BCUT2D eigenvalue weighted by molar-refractivity contribution is -0.449. The van der Waals surface area contributed by atoms with Crippen molar-refractivity contribution in [2.75, 3.05) is 63.5 Å². The molecule has 3 heterocycles. The van der Waals surface area contributed by atoms with E-state index in [1.165, 1.54) is 0 Å². The highest BCUT2D eigenvalue weighted by Crippen LogP contribution is 2.14. The first-order valence-electron chi connectivity index (χ1n) is 7.31. The predicted molar refractivity (Wildman–Crippen MR) is 82.9 cm³/mol. The Morgan fingerprint density at radius 1 is 0.800 bits per heavy atom. The standard InChI is InChI=1S/2C4H9NO.C2H2N6O5/c2*1-3-6-4-2-5-1;9-7(10)3-1-2(4-8(11)12)6-13-5-1/h2*5H,1-4H2;(H,3,5)(H,4,6). The maximum absolute atomic E-state index is 9.89. The topological polar surface area (TPSA) is 192 Å². The van der Waals surface area contributed by atoms with E-state index in [2.05, 4.69) is 25.6 Å². The molecule has 1 aromatic heterocycles. The fourth-order valence-corrected chi connectivity index (χ4v) is 1.54. The Bertz CT molecular complexity index is 440. The molecule has 0 aromatic carbocycles. The summed E-state index contributed by atoms with van der Waals surface area (Å²) in [6.45, 7) is 7.67. The zero-order valence-electron chi connectivity index (χ0n) is 13.3. The number of anilines is 2. The van der Waals surface area contributed by atoms with Crippen LogP contribution in [-0.2, 0) is 9.47 Å². The van der Waals surface area contributed by atoms with Crippen LogP contribution in [-0.4, -0.2) is 73.0 Å². The van der Waals surface area contributed by atoms with E-state index < -0.39 is 21.7 Å². The number of hydrogen-bond acceptors (Lipinski definition) is 11. The molecular weight excluding hydrogens is 344 g/mol. The van der Waals surface area contributed by atoms with Gasteiger partial charge in [0.15, 0.2) is 10.1 Å². The average Bonchev–Trinajstić information content (AvgIpc) is 3.04. The SMILES string of the molecule is C1COCCN1.C1COCCN1.O=[N+]([O-])Nc1nonc1N[N+](=O)[O-]. The minimum absolute atomic E-state index is 0.471. The van der Waals surface area contributed by atoms with Crippen molar-refractivity contribution in [1.29, 1.82) is 0 Å². The molecule has 0 radical (unpaired) electrons. The first-order chi connectivity index (χ1) is 12.1. The minimum Gasteiger partial charge on any atom is -0.379 e. The molecule has 2 aliphatic heterocycles. The van der Waals surface area contributed by atoms with Crippen LogP contribution in [0.25, 0.3) is 0 Å². The Morgan fingerprint density at radius 3 is 1.36 bits per heavy atom. The van der Waals surface area contributed by atoms with Gasteiger partial charge in [0.2, 0.25) is 0 Å². The summed E-state index contributed by atoms with van der Waals surface area (Å²) >= 11 is 0. The monoisotopic (exact) mass is 364 g/mol. The fourth-order valence-electron chi connectivity index (χ4n) is 1.54. The summed E-state index contributed by atoms with van der Waals surface area (Å²) in [6, 6.07) is 0. The molecule has 0 bridgehead atoms. The van der Waals surface area contributed by atoms with Gasteiger partial charge in [-0.05, 0) is 10.3 Å². The number of hydrazine groups is 2. The van der Waals surface area contributed by atoms with Gasteiger partial charge in [0.05, 0.1) is 26.4 Å². The van der Waals surface area contributed by atoms with E-state index in [0.29, 0.717) is 0 Å². The molecule has 2 aliphatic rings. The second-order valence-corrected chi connectivity index (χ2v) is 4.42. The minimum atomic E-state index is -0.954. The molecule has 4 N–H and O–H groups in total. The van der Waals surface area contributed by atoms with Gasteiger partial charge in [0.1, 0.15) is 0 Å². The van der Waals surface area contributed by atoms with Gasteiger partial charge in [-0.1, -0.05) is 10.9 Å². The van der Waals surface area contributed by atoms with Crippen molar-refractivity contribution in [2.45, 2.75) is 0 Å². The molecule has 15 heteroatoms. The van der Waals surface area contributed by atoms with Gasteiger partial charge in [-0.25, -0.2) is 24.9 Å². The number of ether oxygens (including phenoxy) is 2. The first-order valence-corrected chi connectivity index (χ1v) is 7.31. The quantitative estimate of drug-likeness (QED) is 0.356. The first kappa shape index (κ1) is 20.4. The van der Waals surface area contributed by atoms with E-state index in [1.807, 2.05) is 0 Å². The molecule has 25 heavy (non-hydrogen) atoms. The highest BCUT2D eigenvalue weighted by Gasteiger charge is 2.17. The Balaban J connectivity index is 0.000000214. The lowest BCUT2D eigenvalue weighted by Crippen LogP contribution is -2.30. The largest absolute Gasteiger partial charge is 0.379 e. The van der Waals surface area contributed by atoms with Crippen LogP contribution in [0.4, 0.5) is 11.6 Å². The third-order valence-corrected chi connectivity index (χ3v) is 2.58. The van der Waals surface area contributed by atoms with E-state index in [0.717, 1.165) is 52.6 Å². The lowest BCUT2D eigenvalue weighted by Gasteiger charge is -2.10. The van der Waals surface area contributed by atoms with Gasteiger partial charge in [0.25, 0.3) is 11.6 Å². The number of nitro groups is 2. The van der Waals surface area contributed by atoms with E-state index >= 15 is 0 Å². The Labute approximate surface area is 141 Å². The Kier molecular flexibility index (Phi) is 10.4. The van der Waals surface area contributed by atoms with Crippen LogP contribution >= 0.6 is 0 Å². The van der Waals surface area contributed by atoms with Crippen molar-refractivity contribution in [3.8, 4) is 0 Å². The molecule has 2 saturated heterocycles. The van der Waals surface area contributed by atoms with Crippen LogP contribution in [0.15, 0.2) is 4.63 Å². The Hall–Kier alpha value is -2.62. The third kappa shape index (κ3) is 10.7. The molecule has 1 aromatic rings. The number of nitrogens with zero attached hydrogens (tertiary/aromatic N) is 4. The second-order valence-electron chi connectivity index (χ2n) is 4.42. The van der Waals surface area contributed by atoms with E-state index in [-0.39, 0.29) is 0 Å². The summed E-state index contributed by atoms with van der Waals surface area (Å²) in [7, 11) is 0. The van der Waals surface area contributed by atoms with E-state index in [1.54, 1.807) is 10.9 Å². The Morgan fingerprint density at radius 2 is 1.16 bits per heavy atom. The normalized spacial score (nSPS) is 16.3. The fraction of sp³-hybridized carbons (Fsp3) is 0.800. The molecule has 0 atom stereocenters. The molecule has 0 unspecified atom stereocenters. The van der Waals surface area contributed by atoms with Crippen molar-refractivity contribution in [1.82, 2.24) is 20.9 Å². The molecule has 15 nitrogen and oxygen atoms in total. The zero-order chi connectivity index (χ0) is 18.3. The summed E-state index contributed by atoms with van der Waals surface area (Å²) in [5, 5.41) is 30.2. The maximum Gasteiger partial charge on any atom is 0.283 e. The number of morpholine rings is 2. The number of rotatable bonds is 4. The molecule has 0 saturated carbocycles. The highest BCUT2D eigenvalue weighted by atomic mass is 16.7. The summed E-state index contributed by atoms with van der Waals surface area (Å²) < 4.78 is 14.0. The zero-order valence-corrected chi connectivity index (χ0v) is 13.3. The summed E-state index contributed by atoms with van der Waals surface area (Å²) in [5.74, 6) is -0.941. The van der Waals surface area contributed by atoms with Crippen molar-refractivity contribution < 1.29 is 24.2 Å².